The van der Waals surface area contributed by atoms with Crippen molar-refractivity contribution in [3.05, 3.63) is 0 Å². The first-order chi connectivity index (χ1) is 15.7. The van der Waals surface area contributed by atoms with Crippen molar-refractivity contribution in [2.75, 3.05) is 26.2 Å². The highest BCUT2D eigenvalue weighted by Crippen LogP contribution is 2.35. The zero-order valence-electron chi connectivity index (χ0n) is 20.0. The summed E-state index contributed by atoms with van der Waals surface area (Å²) in [5, 5.41) is 22.1. The third kappa shape index (κ3) is 5.33. The predicted octanol–water partition coefficient (Wildman–Crippen LogP) is 1.26. The van der Waals surface area contributed by atoms with Gasteiger partial charge in [-0.3, -0.25) is 20.7 Å². The minimum absolute atomic E-state index is 0.178. The maximum atomic E-state index is 13.2. The molecule has 0 radical (unpaired) electrons. The topological polar surface area (TPSA) is 89.2 Å². The van der Waals surface area contributed by atoms with Crippen LogP contribution in [0.3, 0.4) is 0 Å². The summed E-state index contributed by atoms with van der Waals surface area (Å²) in [4.78, 5) is 13.2. The van der Waals surface area contributed by atoms with Gasteiger partial charge in [-0.25, -0.2) is 0 Å². The van der Waals surface area contributed by atoms with Gasteiger partial charge in [-0.05, 0) is 88.8 Å². The van der Waals surface area contributed by atoms with Crippen molar-refractivity contribution in [3.8, 4) is 0 Å². The summed E-state index contributed by atoms with van der Waals surface area (Å²) in [6.07, 6.45) is 12.4. The molecule has 182 valence electrons. The normalized spacial score (nSPS) is 45.2. The lowest BCUT2D eigenvalue weighted by Crippen LogP contribution is -2.66. The number of hydrogen-bond acceptors (Lipinski definition) is 6. The fraction of sp³-hybridized carbons (Fsp3) is 0.960. The molecule has 2 aliphatic carbocycles. The molecule has 0 aromatic carbocycles. The van der Waals surface area contributed by atoms with Crippen LogP contribution in [-0.4, -0.2) is 62.5 Å². The van der Waals surface area contributed by atoms with Gasteiger partial charge in [0.05, 0.1) is 5.92 Å². The maximum absolute atomic E-state index is 13.2. The van der Waals surface area contributed by atoms with Crippen molar-refractivity contribution in [3.63, 3.8) is 0 Å². The highest BCUT2D eigenvalue weighted by molar-refractivity contribution is 5.80. The van der Waals surface area contributed by atoms with Gasteiger partial charge in [0.2, 0.25) is 5.91 Å². The molecule has 9 atom stereocenters. The van der Waals surface area contributed by atoms with Crippen LogP contribution >= 0.6 is 0 Å². The lowest BCUT2D eigenvalue weighted by Gasteiger charge is -2.43. The van der Waals surface area contributed by atoms with Crippen molar-refractivity contribution in [2.45, 2.75) is 102 Å². The second-order valence-corrected chi connectivity index (χ2v) is 11.4. The number of piperidine rings is 1. The van der Waals surface area contributed by atoms with Gasteiger partial charge in [0.15, 0.2) is 0 Å². The fourth-order valence-corrected chi connectivity index (χ4v) is 7.26. The predicted molar refractivity (Wildman–Crippen MR) is 128 cm³/mol. The van der Waals surface area contributed by atoms with Gasteiger partial charge >= 0.3 is 0 Å². The molecule has 5 rings (SSSR count). The van der Waals surface area contributed by atoms with Crippen LogP contribution in [0.2, 0.25) is 0 Å². The van der Waals surface area contributed by atoms with Crippen LogP contribution < -0.4 is 31.9 Å². The second-order valence-electron chi connectivity index (χ2n) is 11.4. The number of hydrogen-bond donors (Lipinski definition) is 6. The molecule has 32 heavy (non-hydrogen) atoms. The van der Waals surface area contributed by atoms with E-state index in [9.17, 15) is 4.79 Å². The smallest absolute Gasteiger partial charge is 0.224 e. The molecule has 0 aromatic heterocycles. The number of amides is 1. The molecule has 6 N–H and O–H groups in total. The Morgan fingerprint density at radius 3 is 2.66 bits per heavy atom. The minimum atomic E-state index is 0.178. The van der Waals surface area contributed by atoms with Gasteiger partial charge in [0, 0.05) is 30.7 Å². The summed E-state index contributed by atoms with van der Waals surface area (Å²) in [5.41, 5.74) is 0. The molecule has 0 spiro atoms. The molecule has 0 aromatic rings. The summed E-state index contributed by atoms with van der Waals surface area (Å²) in [5.74, 6) is 2.43. The van der Waals surface area contributed by atoms with Crippen molar-refractivity contribution in [1.82, 2.24) is 31.9 Å². The molecule has 3 saturated heterocycles. The van der Waals surface area contributed by atoms with Crippen LogP contribution in [-0.2, 0) is 4.79 Å². The zero-order chi connectivity index (χ0) is 21.9. The van der Waals surface area contributed by atoms with Crippen molar-refractivity contribution in [2.24, 2.45) is 23.7 Å². The molecule has 7 heteroatoms. The molecule has 5 aliphatic rings. The minimum Gasteiger partial charge on any atom is -0.353 e. The molecule has 9 unspecified atom stereocenters. The van der Waals surface area contributed by atoms with E-state index < -0.39 is 0 Å². The molecule has 0 bridgehead atoms. The Balaban J connectivity index is 1.12. The molecule has 3 heterocycles. The van der Waals surface area contributed by atoms with E-state index in [1.54, 1.807) is 0 Å². The molecule has 1 amide bonds. The molecular weight excluding hydrogens is 400 g/mol. The summed E-state index contributed by atoms with van der Waals surface area (Å²) >= 11 is 0. The number of carbonyl (C=O) groups excluding carboxylic acids is 1. The van der Waals surface area contributed by atoms with Crippen LogP contribution in [0.4, 0.5) is 0 Å². The van der Waals surface area contributed by atoms with Gasteiger partial charge < -0.3 is 16.0 Å². The van der Waals surface area contributed by atoms with Crippen molar-refractivity contribution < 1.29 is 4.79 Å². The molecular formula is C25H46N6O. The largest absolute Gasteiger partial charge is 0.353 e. The lowest BCUT2D eigenvalue weighted by atomic mass is 9.79. The maximum Gasteiger partial charge on any atom is 0.224 e. The van der Waals surface area contributed by atoms with Crippen LogP contribution in [0, 0.1) is 23.7 Å². The lowest BCUT2D eigenvalue weighted by molar-refractivity contribution is -0.127. The molecule has 3 aliphatic heterocycles. The fourth-order valence-electron chi connectivity index (χ4n) is 7.26. The SMILES string of the molecule is CC1CCC(NC(=O)C2CNC3CCCCC32)CC1NC1NCCC(C2CCCNC2)N1. The Labute approximate surface area is 194 Å². The monoisotopic (exact) mass is 446 g/mol. The average molecular weight is 447 g/mol. The third-order valence-corrected chi connectivity index (χ3v) is 9.28. The standard InChI is InChI=1S/C25H46N6O/c1-16-8-9-18(29-24(32)20-15-28-22-7-3-2-6-19(20)22)13-23(16)31-25-27-12-10-21(30-25)17-5-4-11-26-14-17/h16-23,25-28,30-31H,2-15H2,1H3,(H,29,32). The quantitative estimate of drug-likeness (QED) is 0.381. The summed E-state index contributed by atoms with van der Waals surface area (Å²) in [6, 6.07) is 1.91. The van der Waals surface area contributed by atoms with Gasteiger partial charge in [-0.1, -0.05) is 19.8 Å². The summed E-state index contributed by atoms with van der Waals surface area (Å²) in [6.45, 7) is 6.64. The van der Waals surface area contributed by atoms with Crippen LogP contribution in [0.5, 0.6) is 0 Å². The van der Waals surface area contributed by atoms with Gasteiger partial charge in [0.1, 0.15) is 6.29 Å². The highest BCUT2D eigenvalue weighted by atomic mass is 16.2. The highest BCUT2D eigenvalue weighted by Gasteiger charge is 2.42. The van der Waals surface area contributed by atoms with E-state index in [0.717, 1.165) is 38.4 Å². The Morgan fingerprint density at radius 2 is 1.78 bits per heavy atom. The van der Waals surface area contributed by atoms with Gasteiger partial charge in [0.25, 0.3) is 0 Å². The Bertz CT molecular complexity index is 626. The number of nitrogens with one attached hydrogen (secondary N) is 6. The van der Waals surface area contributed by atoms with Gasteiger partial charge in [-0.2, -0.15) is 0 Å². The first-order valence-electron chi connectivity index (χ1n) is 13.7. The van der Waals surface area contributed by atoms with E-state index in [2.05, 4.69) is 38.8 Å². The summed E-state index contributed by atoms with van der Waals surface area (Å²) in [7, 11) is 0. The molecule has 7 nitrogen and oxygen atoms in total. The van der Waals surface area contributed by atoms with E-state index in [1.165, 1.54) is 57.9 Å². The van der Waals surface area contributed by atoms with E-state index in [-0.39, 0.29) is 12.2 Å². The number of fused-ring (bicyclic) bond motifs is 1. The molecule has 2 saturated carbocycles. The van der Waals surface area contributed by atoms with E-state index >= 15 is 0 Å². The van der Waals surface area contributed by atoms with Crippen LogP contribution in [0.25, 0.3) is 0 Å². The van der Waals surface area contributed by atoms with Gasteiger partial charge in [-0.15, -0.1) is 0 Å². The molecule has 5 fully saturated rings. The second kappa shape index (κ2) is 10.7. The van der Waals surface area contributed by atoms with Crippen LogP contribution in [0.1, 0.15) is 71.1 Å². The number of carbonyl (C=O) groups is 1. The van der Waals surface area contributed by atoms with Crippen LogP contribution in [0.15, 0.2) is 0 Å². The summed E-state index contributed by atoms with van der Waals surface area (Å²) < 4.78 is 0. The third-order valence-electron chi connectivity index (χ3n) is 9.28. The Hall–Kier alpha value is -0.730. The number of rotatable bonds is 5. The average Bonchev–Trinajstić information content (AvgIpc) is 3.26. The van der Waals surface area contributed by atoms with Crippen molar-refractivity contribution in [1.29, 1.82) is 0 Å². The van der Waals surface area contributed by atoms with E-state index in [1.807, 2.05) is 0 Å². The van der Waals surface area contributed by atoms with Crippen molar-refractivity contribution >= 4 is 5.91 Å². The first-order valence-corrected chi connectivity index (χ1v) is 13.7. The Kier molecular flexibility index (Phi) is 7.69. The van der Waals surface area contributed by atoms with E-state index in [4.69, 9.17) is 0 Å². The zero-order valence-corrected chi connectivity index (χ0v) is 20.0. The Morgan fingerprint density at radius 1 is 0.875 bits per heavy atom. The first kappa shape index (κ1) is 23.0. The van der Waals surface area contributed by atoms with E-state index in [0.29, 0.717) is 41.9 Å².